The zero-order valence-electron chi connectivity index (χ0n) is 11.6. The van der Waals surface area contributed by atoms with Crippen LogP contribution in [0.15, 0.2) is 28.7 Å². The molecule has 0 bridgehead atoms. The highest BCUT2D eigenvalue weighted by atomic mass is 79.9. The molecule has 1 rings (SSSR count). The largest absolute Gasteiger partial charge is 0.377 e. The van der Waals surface area contributed by atoms with Gasteiger partial charge >= 0.3 is 0 Å². The maximum atomic E-state index is 5.83. The van der Waals surface area contributed by atoms with Crippen LogP contribution < -0.4 is 5.32 Å². The lowest BCUT2D eigenvalue weighted by atomic mass is 9.99. The van der Waals surface area contributed by atoms with Crippen molar-refractivity contribution < 1.29 is 4.74 Å². The minimum absolute atomic E-state index is 0.290. The van der Waals surface area contributed by atoms with Crippen LogP contribution >= 0.6 is 15.9 Å². The number of hydrogen-bond donors (Lipinski definition) is 1. The number of benzene rings is 1. The van der Waals surface area contributed by atoms with Crippen molar-refractivity contribution in [2.24, 2.45) is 0 Å². The predicted molar refractivity (Wildman–Crippen MR) is 81.0 cm³/mol. The maximum absolute atomic E-state index is 5.83. The van der Waals surface area contributed by atoms with Gasteiger partial charge in [0.15, 0.2) is 0 Å². The molecule has 102 valence electrons. The highest BCUT2D eigenvalue weighted by Crippen LogP contribution is 2.15. The second-order valence-corrected chi connectivity index (χ2v) is 5.31. The van der Waals surface area contributed by atoms with Gasteiger partial charge in [-0.1, -0.05) is 41.9 Å². The molecule has 0 saturated heterocycles. The average Bonchev–Trinajstić information content (AvgIpc) is 2.38. The summed E-state index contributed by atoms with van der Waals surface area (Å²) in [6, 6.07) is 8.93. The van der Waals surface area contributed by atoms with Crippen LogP contribution in [-0.4, -0.2) is 25.3 Å². The average molecular weight is 314 g/mol. The van der Waals surface area contributed by atoms with E-state index in [0.29, 0.717) is 12.1 Å². The molecule has 2 nitrogen and oxygen atoms in total. The summed E-state index contributed by atoms with van der Waals surface area (Å²) in [5, 5.41) is 3.54. The summed E-state index contributed by atoms with van der Waals surface area (Å²) in [6.07, 6.45) is 2.35. The standard InChI is InChI=1S/C15H24BrNO/c1-4-15(18-6-3)14(17-5-2)11-12-7-9-13(16)10-8-12/h7-10,14-15,17H,4-6,11H2,1-3H3. The van der Waals surface area contributed by atoms with Crippen molar-refractivity contribution >= 4 is 15.9 Å². The minimum Gasteiger partial charge on any atom is -0.377 e. The Morgan fingerprint density at radius 1 is 1.17 bits per heavy atom. The quantitative estimate of drug-likeness (QED) is 0.788. The topological polar surface area (TPSA) is 21.3 Å². The molecule has 1 N–H and O–H groups in total. The Balaban J connectivity index is 2.68. The van der Waals surface area contributed by atoms with Crippen molar-refractivity contribution in [1.82, 2.24) is 5.32 Å². The minimum atomic E-state index is 0.290. The summed E-state index contributed by atoms with van der Waals surface area (Å²) >= 11 is 3.47. The van der Waals surface area contributed by atoms with E-state index in [-0.39, 0.29) is 0 Å². The molecule has 0 saturated carbocycles. The molecule has 2 atom stereocenters. The van der Waals surface area contributed by atoms with Crippen LogP contribution in [0.5, 0.6) is 0 Å². The Morgan fingerprint density at radius 2 is 1.83 bits per heavy atom. The molecular weight excluding hydrogens is 290 g/mol. The van der Waals surface area contributed by atoms with Gasteiger partial charge in [0.05, 0.1) is 6.10 Å². The smallest absolute Gasteiger partial charge is 0.0728 e. The zero-order valence-corrected chi connectivity index (χ0v) is 13.2. The first kappa shape index (κ1) is 15.7. The lowest BCUT2D eigenvalue weighted by Gasteiger charge is -2.27. The summed E-state index contributed by atoms with van der Waals surface area (Å²) in [6.45, 7) is 8.15. The van der Waals surface area contributed by atoms with Crippen LogP contribution in [0.1, 0.15) is 32.8 Å². The van der Waals surface area contributed by atoms with E-state index in [2.05, 4.69) is 66.3 Å². The van der Waals surface area contributed by atoms with Crippen molar-refractivity contribution in [3.63, 3.8) is 0 Å². The molecule has 0 aliphatic rings. The number of ether oxygens (including phenoxy) is 1. The lowest BCUT2D eigenvalue weighted by Crippen LogP contribution is -2.42. The van der Waals surface area contributed by atoms with E-state index < -0.39 is 0 Å². The lowest BCUT2D eigenvalue weighted by molar-refractivity contribution is 0.0323. The van der Waals surface area contributed by atoms with Crippen LogP contribution in [0.4, 0.5) is 0 Å². The number of likely N-dealkylation sites (N-methyl/N-ethyl adjacent to an activating group) is 1. The van der Waals surface area contributed by atoms with Crippen LogP contribution in [0.2, 0.25) is 0 Å². The first-order chi connectivity index (χ1) is 8.71. The summed E-state index contributed by atoms with van der Waals surface area (Å²) in [7, 11) is 0. The van der Waals surface area contributed by atoms with Gasteiger partial charge in [0, 0.05) is 17.1 Å². The van der Waals surface area contributed by atoms with E-state index >= 15 is 0 Å². The van der Waals surface area contributed by atoms with E-state index in [1.165, 1.54) is 5.56 Å². The molecule has 0 radical (unpaired) electrons. The molecule has 1 aromatic carbocycles. The monoisotopic (exact) mass is 313 g/mol. The van der Waals surface area contributed by atoms with Crippen molar-refractivity contribution in [1.29, 1.82) is 0 Å². The first-order valence-electron chi connectivity index (χ1n) is 6.80. The van der Waals surface area contributed by atoms with Gasteiger partial charge in [0.2, 0.25) is 0 Å². The Kier molecular flexibility index (Phi) is 7.56. The van der Waals surface area contributed by atoms with Crippen LogP contribution in [0.25, 0.3) is 0 Å². The molecule has 3 heteroatoms. The third-order valence-corrected chi connectivity index (χ3v) is 3.60. The van der Waals surface area contributed by atoms with Gasteiger partial charge in [-0.3, -0.25) is 0 Å². The van der Waals surface area contributed by atoms with Gasteiger partial charge in [-0.25, -0.2) is 0 Å². The van der Waals surface area contributed by atoms with Gasteiger partial charge in [0.25, 0.3) is 0 Å². The van der Waals surface area contributed by atoms with Crippen LogP contribution in [0, 0.1) is 0 Å². The highest BCUT2D eigenvalue weighted by Gasteiger charge is 2.19. The molecule has 0 aromatic heterocycles. The van der Waals surface area contributed by atoms with Crippen molar-refractivity contribution in [3.8, 4) is 0 Å². The third kappa shape index (κ3) is 5.09. The Hall–Kier alpha value is -0.380. The van der Waals surface area contributed by atoms with Crippen LogP contribution in [0.3, 0.4) is 0 Å². The molecule has 2 unspecified atom stereocenters. The number of rotatable bonds is 8. The maximum Gasteiger partial charge on any atom is 0.0728 e. The normalized spacial score (nSPS) is 14.4. The van der Waals surface area contributed by atoms with E-state index in [9.17, 15) is 0 Å². The van der Waals surface area contributed by atoms with E-state index in [0.717, 1.165) is 30.5 Å². The van der Waals surface area contributed by atoms with Gasteiger partial charge in [0.1, 0.15) is 0 Å². The molecule has 0 aliphatic carbocycles. The van der Waals surface area contributed by atoms with Gasteiger partial charge in [-0.2, -0.15) is 0 Å². The molecule has 0 spiro atoms. The highest BCUT2D eigenvalue weighted by molar-refractivity contribution is 9.10. The van der Waals surface area contributed by atoms with Gasteiger partial charge < -0.3 is 10.1 Å². The molecule has 0 amide bonds. The zero-order chi connectivity index (χ0) is 13.4. The molecule has 0 fully saturated rings. The second-order valence-electron chi connectivity index (χ2n) is 4.40. The Morgan fingerprint density at radius 3 is 2.33 bits per heavy atom. The van der Waals surface area contributed by atoms with E-state index in [1.807, 2.05) is 0 Å². The van der Waals surface area contributed by atoms with E-state index in [1.54, 1.807) is 0 Å². The van der Waals surface area contributed by atoms with Gasteiger partial charge in [-0.05, 0) is 44.0 Å². The van der Waals surface area contributed by atoms with Crippen molar-refractivity contribution in [3.05, 3.63) is 34.3 Å². The predicted octanol–water partition coefficient (Wildman–Crippen LogP) is 3.78. The molecule has 1 aromatic rings. The van der Waals surface area contributed by atoms with Crippen molar-refractivity contribution in [2.45, 2.75) is 45.8 Å². The third-order valence-electron chi connectivity index (χ3n) is 3.07. The first-order valence-corrected chi connectivity index (χ1v) is 7.59. The number of hydrogen-bond acceptors (Lipinski definition) is 2. The Bertz CT molecular complexity index is 326. The molecular formula is C15H24BrNO. The summed E-state index contributed by atoms with van der Waals surface area (Å²) in [5.41, 5.74) is 1.35. The van der Waals surface area contributed by atoms with Crippen LogP contribution in [-0.2, 0) is 11.2 Å². The fraction of sp³-hybridized carbons (Fsp3) is 0.600. The fourth-order valence-electron chi connectivity index (χ4n) is 2.20. The Labute approximate surface area is 119 Å². The molecule has 0 heterocycles. The molecule has 18 heavy (non-hydrogen) atoms. The fourth-order valence-corrected chi connectivity index (χ4v) is 2.47. The second kappa shape index (κ2) is 8.68. The SMILES string of the molecule is CCNC(Cc1ccc(Br)cc1)C(CC)OCC. The molecule has 0 aliphatic heterocycles. The van der Waals surface area contributed by atoms with Gasteiger partial charge in [-0.15, -0.1) is 0 Å². The van der Waals surface area contributed by atoms with E-state index in [4.69, 9.17) is 4.74 Å². The summed E-state index contributed by atoms with van der Waals surface area (Å²) in [5.74, 6) is 0. The van der Waals surface area contributed by atoms with Crippen molar-refractivity contribution in [2.75, 3.05) is 13.2 Å². The summed E-state index contributed by atoms with van der Waals surface area (Å²) in [4.78, 5) is 0. The summed E-state index contributed by atoms with van der Waals surface area (Å²) < 4.78 is 6.96. The number of nitrogens with one attached hydrogen (secondary N) is 1. The number of halogens is 1.